The zero-order valence-electron chi connectivity index (χ0n) is 16.8. The fourth-order valence-electron chi connectivity index (χ4n) is 4.22. The number of piperidine rings is 1. The van der Waals surface area contributed by atoms with Gasteiger partial charge in [-0.25, -0.2) is 0 Å². The van der Waals surface area contributed by atoms with E-state index in [1.165, 1.54) is 0 Å². The van der Waals surface area contributed by atoms with Crippen molar-refractivity contribution in [1.29, 1.82) is 0 Å². The third-order valence-corrected chi connectivity index (χ3v) is 5.85. The zero-order valence-corrected chi connectivity index (χ0v) is 16.8. The predicted molar refractivity (Wildman–Crippen MR) is 100 cm³/mol. The standard InChI is InChI=1S/C21H24F6N2O2/c22-20(23,24)15-8-14(9-16(12-15)21(25,26)27)11-17(30)10-13-3-6-29(7-4-13)19(31)18-2-1-5-28-18/h8-9,12-13,18,28H,1-7,10-11H2/t18-/m0/s1. The number of hydrogen-bond acceptors (Lipinski definition) is 3. The van der Waals surface area contributed by atoms with Crippen molar-refractivity contribution in [2.75, 3.05) is 19.6 Å². The Hall–Kier alpha value is -2.10. The van der Waals surface area contributed by atoms with Crippen LogP contribution in [0.3, 0.4) is 0 Å². The third-order valence-electron chi connectivity index (χ3n) is 5.85. The van der Waals surface area contributed by atoms with E-state index in [9.17, 15) is 35.9 Å². The van der Waals surface area contributed by atoms with Gasteiger partial charge >= 0.3 is 12.4 Å². The average molecular weight is 450 g/mol. The number of ketones is 1. The maximum absolute atomic E-state index is 13.0. The van der Waals surface area contributed by atoms with Gasteiger partial charge in [-0.05, 0) is 61.9 Å². The molecule has 172 valence electrons. The lowest BCUT2D eigenvalue weighted by Crippen LogP contribution is -2.47. The molecule has 10 heteroatoms. The van der Waals surface area contributed by atoms with Gasteiger partial charge in [0.05, 0.1) is 17.2 Å². The third kappa shape index (κ3) is 6.21. The minimum absolute atomic E-state index is 0.0408. The first-order chi connectivity index (χ1) is 14.4. The predicted octanol–water partition coefficient (Wildman–Crippen LogP) is 4.22. The van der Waals surface area contributed by atoms with Crippen molar-refractivity contribution in [2.45, 2.75) is 56.9 Å². The summed E-state index contributed by atoms with van der Waals surface area (Å²) in [5.74, 6) is -0.401. The van der Waals surface area contributed by atoms with Crippen LogP contribution in [0.5, 0.6) is 0 Å². The largest absolute Gasteiger partial charge is 0.416 e. The Labute approximate surface area is 176 Å². The lowest BCUT2D eigenvalue weighted by Gasteiger charge is -2.33. The molecule has 0 aromatic heterocycles. The Kier molecular flexibility index (Phi) is 6.98. The summed E-state index contributed by atoms with van der Waals surface area (Å²) in [6, 6.07) is 1.09. The highest BCUT2D eigenvalue weighted by Gasteiger charge is 2.37. The van der Waals surface area contributed by atoms with Gasteiger partial charge in [0.2, 0.25) is 5.91 Å². The monoisotopic (exact) mass is 450 g/mol. The maximum Gasteiger partial charge on any atom is 0.416 e. The number of likely N-dealkylation sites (tertiary alicyclic amines) is 1. The molecule has 1 aromatic carbocycles. The fourth-order valence-corrected chi connectivity index (χ4v) is 4.22. The number of benzene rings is 1. The molecule has 1 aromatic rings. The minimum Gasteiger partial charge on any atom is -0.341 e. The molecular weight excluding hydrogens is 426 g/mol. The molecular formula is C21H24F6N2O2. The average Bonchev–Trinajstić information content (AvgIpc) is 3.21. The van der Waals surface area contributed by atoms with Crippen molar-refractivity contribution >= 4 is 11.7 Å². The molecule has 4 nitrogen and oxygen atoms in total. The quantitative estimate of drug-likeness (QED) is 0.684. The molecule has 1 amide bonds. The Morgan fingerprint density at radius 3 is 2.00 bits per heavy atom. The molecule has 2 aliphatic heterocycles. The number of amides is 1. The van der Waals surface area contributed by atoms with E-state index in [2.05, 4.69) is 5.32 Å². The molecule has 0 aliphatic carbocycles. The van der Waals surface area contributed by atoms with Crippen molar-refractivity contribution in [2.24, 2.45) is 5.92 Å². The van der Waals surface area contributed by atoms with Crippen molar-refractivity contribution in [3.05, 3.63) is 34.9 Å². The molecule has 1 atom stereocenters. The molecule has 0 bridgehead atoms. The summed E-state index contributed by atoms with van der Waals surface area (Å²) >= 11 is 0. The smallest absolute Gasteiger partial charge is 0.341 e. The first-order valence-electron chi connectivity index (χ1n) is 10.3. The molecule has 0 spiro atoms. The minimum atomic E-state index is -4.94. The van der Waals surface area contributed by atoms with E-state index >= 15 is 0 Å². The maximum atomic E-state index is 13.0. The number of carbonyl (C=O) groups excluding carboxylic acids is 2. The van der Waals surface area contributed by atoms with Crippen LogP contribution in [0.15, 0.2) is 18.2 Å². The van der Waals surface area contributed by atoms with Gasteiger partial charge in [0.25, 0.3) is 0 Å². The topological polar surface area (TPSA) is 49.4 Å². The molecule has 2 fully saturated rings. The molecule has 2 saturated heterocycles. The Balaban J connectivity index is 1.58. The van der Waals surface area contributed by atoms with E-state index < -0.39 is 35.7 Å². The normalized spacial score (nSPS) is 20.8. The van der Waals surface area contributed by atoms with Crippen LogP contribution in [0.25, 0.3) is 0 Å². The van der Waals surface area contributed by atoms with Gasteiger partial charge in [-0.1, -0.05) is 0 Å². The summed E-state index contributed by atoms with van der Waals surface area (Å²) in [5.41, 5.74) is -3.14. The molecule has 0 saturated carbocycles. The van der Waals surface area contributed by atoms with E-state index in [0.29, 0.717) is 38.1 Å². The molecule has 1 N–H and O–H groups in total. The Morgan fingerprint density at radius 1 is 0.935 bits per heavy atom. The molecule has 31 heavy (non-hydrogen) atoms. The van der Waals surface area contributed by atoms with Gasteiger partial charge in [0.1, 0.15) is 5.78 Å². The lowest BCUT2D eigenvalue weighted by molar-refractivity contribution is -0.143. The SMILES string of the molecule is O=C(Cc1cc(C(F)(F)F)cc(C(F)(F)F)c1)CC1CCN(C(=O)[C@@H]2CCCN2)CC1. The highest BCUT2D eigenvalue weighted by molar-refractivity contribution is 5.83. The van der Waals surface area contributed by atoms with Gasteiger partial charge in [-0.2, -0.15) is 26.3 Å². The number of nitrogens with zero attached hydrogens (tertiary/aromatic N) is 1. The van der Waals surface area contributed by atoms with Crippen LogP contribution >= 0.6 is 0 Å². The lowest BCUT2D eigenvalue weighted by atomic mass is 9.89. The van der Waals surface area contributed by atoms with Crippen molar-refractivity contribution in [3.8, 4) is 0 Å². The van der Waals surface area contributed by atoms with E-state index in [0.717, 1.165) is 19.4 Å². The first kappa shape index (κ1) is 23.6. The fraction of sp³-hybridized carbons (Fsp3) is 0.619. The van der Waals surface area contributed by atoms with Crippen molar-refractivity contribution in [3.63, 3.8) is 0 Å². The highest BCUT2D eigenvalue weighted by Crippen LogP contribution is 2.36. The second-order valence-corrected chi connectivity index (χ2v) is 8.25. The number of halogens is 6. The van der Waals surface area contributed by atoms with Gasteiger partial charge in [-0.15, -0.1) is 0 Å². The summed E-state index contributed by atoms with van der Waals surface area (Å²) in [6.45, 7) is 1.81. The summed E-state index contributed by atoms with van der Waals surface area (Å²) in [7, 11) is 0. The Bertz CT molecular complexity index is 775. The van der Waals surface area contributed by atoms with Gasteiger partial charge in [0, 0.05) is 25.9 Å². The summed E-state index contributed by atoms with van der Waals surface area (Å²) in [4.78, 5) is 26.5. The van der Waals surface area contributed by atoms with Crippen molar-refractivity contribution in [1.82, 2.24) is 10.2 Å². The number of carbonyl (C=O) groups is 2. The summed E-state index contributed by atoms with van der Waals surface area (Å²) in [6.07, 6.45) is -7.37. The van der Waals surface area contributed by atoms with Crippen LogP contribution in [-0.2, 0) is 28.4 Å². The number of Topliss-reactive ketones (excluding diaryl/α,β-unsaturated/α-hetero) is 1. The second kappa shape index (κ2) is 9.18. The van der Waals surface area contributed by atoms with Gasteiger partial charge < -0.3 is 10.2 Å². The van der Waals surface area contributed by atoms with E-state index in [1.54, 1.807) is 4.90 Å². The van der Waals surface area contributed by atoms with E-state index in [1.807, 2.05) is 0 Å². The number of alkyl halides is 6. The summed E-state index contributed by atoms with van der Waals surface area (Å²) < 4.78 is 77.8. The van der Waals surface area contributed by atoms with E-state index in [4.69, 9.17) is 0 Å². The van der Waals surface area contributed by atoms with Crippen LogP contribution < -0.4 is 5.32 Å². The van der Waals surface area contributed by atoms with Crippen LogP contribution in [0.4, 0.5) is 26.3 Å². The Morgan fingerprint density at radius 2 is 1.52 bits per heavy atom. The first-order valence-corrected chi connectivity index (χ1v) is 10.3. The van der Waals surface area contributed by atoms with Gasteiger partial charge in [0.15, 0.2) is 0 Å². The molecule has 0 unspecified atom stereocenters. The van der Waals surface area contributed by atoms with Crippen LogP contribution in [0, 0.1) is 5.92 Å². The molecule has 2 aliphatic rings. The van der Waals surface area contributed by atoms with Crippen LogP contribution in [0.1, 0.15) is 48.8 Å². The zero-order chi connectivity index (χ0) is 22.8. The van der Waals surface area contributed by atoms with Gasteiger partial charge in [-0.3, -0.25) is 9.59 Å². The molecule has 3 rings (SSSR count). The van der Waals surface area contributed by atoms with Crippen LogP contribution in [0.2, 0.25) is 0 Å². The number of nitrogens with one attached hydrogen (secondary N) is 1. The van der Waals surface area contributed by atoms with Crippen molar-refractivity contribution < 1.29 is 35.9 Å². The number of rotatable bonds is 5. The molecule has 2 heterocycles. The summed E-state index contributed by atoms with van der Waals surface area (Å²) in [5, 5.41) is 3.15. The number of hydrogen-bond donors (Lipinski definition) is 1. The highest BCUT2D eigenvalue weighted by atomic mass is 19.4. The second-order valence-electron chi connectivity index (χ2n) is 8.25. The van der Waals surface area contributed by atoms with Crippen LogP contribution in [-0.4, -0.2) is 42.3 Å². The molecule has 0 radical (unpaired) electrons. The van der Waals surface area contributed by atoms with E-state index in [-0.39, 0.29) is 35.9 Å².